The Balaban J connectivity index is 1.67. The lowest BCUT2D eigenvalue weighted by atomic mass is 10.1. The Morgan fingerprint density at radius 3 is 2.37 bits per heavy atom. The number of hydrogen-bond acceptors (Lipinski definition) is 7. The smallest absolute Gasteiger partial charge is 0.341 e. The minimum Gasteiger partial charge on any atom is -0.452 e. The van der Waals surface area contributed by atoms with E-state index in [0.717, 1.165) is 25.9 Å². The molecule has 2 aromatic rings. The molecule has 1 heterocycles. The highest BCUT2D eigenvalue weighted by Crippen LogP contribution is 2.29. The fourth-order valence-electron chi connectivity index (χ4n) is 3.23. The highest BCUT2D eigenvalue weighted by atomic mass is 16.6. The van der Waals surface area contributed by atoms with Gasteiger partial charge in [0.25, 0.3) is 11.6 Å². The molecule has 2 aromatic carbocycles. The molecule has 1 amide bonds. The molecule has 9 heteroatoms. The second-order valence-corrected chi connectivity index (χ2v) is 6.91. The van der Waals surface area contributed by atoms with Crippen molar-refractivity contribution < 1.29 is 24.0 Å². The van der Waals surface area contributed by atoms with Gasteiger partial charge < -0.3 is 15.0 Å². The van der Waals surface area contributed by atoms with Crippen LogP contribution in [0.1, 0.15) is 40.5 Å². The summed E-state index contributed by atoms with van der Waals surface area (Å²) < 4.78 is 5.10. The highest BCUT2D eigenvalue weighted by Gasteiger charge is 2.24. The summed E-state index contributed by atoms with van der Waals surface area (Å²) in [6.45, 7) is 2.39. The molecule has 0 spiro atoms. The van der Waals surface area contributed by atoms with Gasteiger partial charge in [-0.05, 0) is 50.1 Å². The summed E-state index contributed by atoms with van der Waals surface area (Å²) >= 11 is 0. The summed E-state index contributed by atoms with van der Waals surface area (Å²) in [7, 11) is 0. The Kier molecular flexibility index (Phi) is 6.41. The number of nitro benzene ring substituents is 1. The van der Waals surface area contributed by atoms with E-state index < -0.39 is 23.4 Å². The molecule has 0 aliphatic carbocycles. The van der Waals surface area contributed by atoms with Crippen LogP contribution in [0, 0.1) is 10.1 Å². The third kappa shape index (κ3) is 4.99. The van der Waals surface area contributed by atoms with Crippen LogP contribution >= 0.6 is 0 Å². The van der Waals surface area contributed by atoms with E-state index in [1.54, 1.807) is 24.3 Å². The number of nitro groups is 1. The van der Waals surface area contributed by atoms with Crippen LogP contribution in [-0.4, -0.2) is 42.3 Å². The summed E-state index contributed by atoms with van der Waals surface area (Å²) in [5, 5.41) is 13.7. The second kappa shape index (κ2) is 9.17. The first kappa shape index (κ1) is 21.0. The number of non-ortho nitro benzene ring substituents is 1. The van der Waals surface area contributed by atoms with E-state index in [9.17, 15) is 24.5 Å². The van der Waals surface area contributed by atoms with Gasteiger partial charge in [0.1, 0.15) is 0 Å². The number of carbonyl (C=O) groups is 3. The van der Waals surface area contributed by atoms with Crippen molar-refractivity contribution >= 4 is 34.7 Å². The summed E-state index contributed by atoms with van der Waals surface area (Å²) in [6.07, 6.45) is 1.94. The molecule has 0 radical (unpaired) electrons. The number of nitrogens with zero attached hydrogens (tertiary/aromatic N) is 2. The van der Waals surface area contributed by atoms with Crippen LogP contribution in [0.5, 0.6) is 0 Å². The van der Waals surface area contributed by atoms with E-state index in [1.807, 2.05) is 4.90 Å². The van der Waals surface area contributed by atoms with Gasteiger partial charge in [-0.15, -0.1) is 0 Å². The topological polar surface area (TPSA) is 119 Å². The monoisotopic (exact) mass is 411 g/mol. The summed E-state index contributed by atoms with van der Waals surface area (Å²) in [6, 6.07) is 10.4. The maximum Gasteiger partial charge on any atom is 0.341 e. The van der Waals surface area contributed by atoms with Crippen LogP contribution in [0.15, 0.2) is 42.5 Å². The molecule has 0 bridgehead atoms. The molecule has 156 valence electrons. The molecule has 1 fully saturated rings. The van der Waals surface area contributed by atoms with Crippen molar-refractivity contribution in [3.8, 4) is 0 Å². The van der Waals surface area contributed by atoms with E-state index in [0.29, 0.717) is 16.9 Å². The average Bonchev–Trinajstić information content (AvgIpc) is 3.26. The molecule has 0 unspecified atom stereocenters. The number of hydrogen-bond donors (Lipinski definition) is 1. The predicted molar refractivity (Wildman–Crippen MR) is 110 cm³/mol. The third-order valence-electron chi connectivity index (χ3n) is 4.77. The fraction of sp³-hybridized carbons (Fsp3) is 0.286. The molecular weight excluding hydrogens is 390 g/mol. The number of amides is 1. The number of ketones is 1. The minimum atomic E-state index is -0.803. The molecule has 0 atom stereocenters. The quantitative estimate of drug-likeness (QED) is 0.322. The van der Waals surface area contributed by atoms with Gasteiger partial charge in [-0.3, -0.25) is 19.7 Å². The van der Waals surface area contributed by atoms with E-state index in [-0.39, 0.29) is 17.0 Å². The van der Waals surface area contributed by atoms with Crippen LogP contribution in [0.4, 0.5) is 17.1 Å². The Hall–Kier alpha value is -3.75. The summed E-state index contributed by atoms with van der Waals surface area (Å²) in [4.78, 5) is 48.5. The van der Waals surface area contributed by atoms with Crippen molar-refractivity contribution in [1.82, 2.24) is 0 Å². The van der Waals surface area contributed by atoms with Crippen LogP contribution in [0.25, 0.3) is 0 Å². The Morgan fingerprint density at radius 1 is 1.10 bits per heavy atom. The molecule has 1 aliphatic heterocycles. The first-order valence-electron chi connectivity index (χ1n) is 9.46. The minimum absolute atomic E-state index is 0.0599. The Morgan fingerprint density at radius 2 is 1.77 bits per heavy atom. The van der Waals surface area contributed by atoms with Gasteiger partial charge in [0.05, 0.1) is 16.2 Å². The first-order chi connectivity index (χ1) is 14.3. The number of anilines is 2. The van der Waals surface area contributed by atoms with Crippen molar-refractivity contribution in [2.24, 2.45) is 0 Å². The lowest BCUT2D eigenvalue weighted by Crippen LogP contribution is -2.24. The Bertz CT molecular complexity index is 981. The predicted octanol–water partition coefficient (Wildman–Crippen LogP) is 3.19. The fourth-order valence-corrected chi connectivity index (χ4v) is 3.23. The van der Waals surface area contributed by atoms with E-state index in [1.165, 1.54) is 25.1 Å². The number of nitrogens with one attached hydrogen (secondary N) is 1. The van der Waals surface area contributed by atoms with Crippen molar-refractivity contribution in [3.63, 3.8) is 0 Å². The zero-order valence-corrected chi connectivity index (χ0v) is 16.4. The van der Waals surface area contributed by atoms with Gasteiger partial charge in [-0.2, -0.15) is 0 Å². The summed E-state index contributed by atoms with van der Waals surface area (Å²) in [5.74, 6) is -1.46. The zero-order chi connectivity index (χ0) is 21.7. The van der Waals surface area contributed by atoms with Gasteiger partial charge >= 0.3 is 5.97 Å². The van der Waals surface area contributed by atoms with Gasteiger partial charge in [-0.1, -0.05) is 0 Å². The third-order valence-corrected chi connectivity index (χ3v) is 4.77. The highest BCUT2D eigenvalue weighted by molar-refractivity contribution is 5.99. The lowest BCUT2D eigenvalue weighted by Gasteiger charge is -2.20. The standard InChI is InChI=1S/C21H21N3O6/c1-14(25)15-4-6-16(7-5-15)22-20(26)13-30-21(27)18-12-17(24(28)29)8-9-19(18)23-10-2-3-11-23/h4-9,12H,2-3,10-11,13H2,1H3,(H,22,26). The average molecular weight is 411 g/mol. The van der Waals surface area contributed by atoms with E-state index in [4.69, 9.17) is 4.74 Å². The molecule has 0 saturated carbocycles. The Labute approximate surface area is 172 Å². The molecule has 30 heavy (non-hydrogen) atoms. The van der Waals surface area contributed by atoms with Gasteiger partial charge in [0.15, 0.2) is 12.4 Å². The number of carbonyl (C=O) groups excluding carboxylic acids is 3. The molecular formula is C21H21N3O6. The SMILES string of the molecule is CC(=O)c1ccc(NC(=O)COC(=O)c2cc([N+](=O)[O-])ccc2N2CCCC2)cc1. The second-order valence-electron chi connectivity index (χ2n) is 6.91. The van der Waals surface area contributed by atoms with Gasteiger partial charge in [0.2, 0.25) is 0 Å². The molecule has 1 aliphatic rings. The summed E-state index contributed by atoms with van der Waals surface area (Å²) in [5.41, 5.74) is 1.36. The van der Waals surface area contributed by atoms with Crippen LogP contribution in [-0.2, 0) is 9.53 Å². The molecule has 9 nitrogen and oxygen atoms in total. The molecule has 0 aromatic heterocycles. The van der Waals surface area contributed by atoms with E-state index >= 15 is 0 Å². The number of esters is 1. The van der Waals surface area contributed by atoms with E-state index in [2.05, 4.69) is 5.32 Å². The molecule has 1 saturated heterocycles. The van der Waals surface area contributed by atoms with Crippen LogP contribution in [0.2, 0.25) is 0 Å². The van der Waals surface area contributed by atoms with Gasteiger partial charge in [0, 0.05) is 36.5 Å². The van der Waals surface area contributed by atoms with Crippen LogP contribution < -0.4 is 10.2 Å². The number of benzene rings is 2. The normalized spacial score (nSPS) is 13.0. The zero-order valence-electron chi connectivity index (χ0n) is 16.4. The first-order valence-corrected chi connectivity index (χ1v) is 9.46. The van der Waals surface area contributed by atoms with Crippen molar-refractivity contribution in [1.29, 1.82) is 0 Å². The maximum absolute atomic E-state index is 12.6. The largest absolute Gasteiger partial charge is 0.452 e. The number of ether oxygens (including phenoxy) is 1. The van der Waals surface area contributed by atoms with Crippen LogP contribution in [0.3, 0.4) is 0 Å². The molecule has 1 N–H and O–H groups in total. The van der Waals surface area contributed by atoms with Crippen molar-refractivity contribution in [2.45, 2.75) is 19.8 Å². The number of rotatable bonds is 7. The van der Waals surface area contributed by atoms with Crippen molar-refractivity contribution in [3.05, 3.63) is 63.7 Å². The van der Waals surface area contributed by atoms with Crippen molar-refractivity contribution in [2.75, 3.05) is 29.9 Å². The maximum atomic E-state index is 12.6. The number of Topliss-reactive ketones (excluding diaryl/α,β-unsaturated/α-hetero) is 1. The van der Waals surface area contributed by atoms with Gasteiger partial charge in [-0.25, -0.2) is 4.79 Å². The lowest BCUT2D eigenvalue weighted by molar-refractivity contribution is -0.384. The molecule has 3 rings (SSSR count).